The van der Waals surface area contributed by atoms with Crippen molar-refractivity contribution in [2.45, 2.75) is 0 Å². The molecule has 1 heterocycles. The molecule has 0 saturated carbocycles. The summed E-state index contributed by atoms with van der Waals surface area (Å²) in [4.78, 5) is 3.83. The number of pyridine rings is 1. The summed E-state index contributed by atoms with van der Waals surface area (Å²) in [6.07, 6.45) is 0. The molecule has 0 atom stereocenters. The number of hydrogen-bond donors (Lipinski definition) is 0. The Bertz CT molecular complexity index is 312. The molecule has 0 N–H and O–H groups in total. The molecular formula is C8H7Cl2NO. The van der Waals surface area contributed by atoms with Crippen molar-refractivity contribution in [2.24, 2.45) is 0 Å². The zero-order valence-corrected chi connectivity index (χ0v) is 7.99. The van der Waals surface area contributed by atoms with Crippen molar-refractivity contribution in [3.8, 4) is 0 Å². The van der Waals surface area contributed by atoms with Gasteiger partial charge in [-0.25, -0.2) is 4.98 Å². The highest BCUT2D eigenvalue weighted by molar-refractivity contribution is 6.33. The first-order chi connectivity index (χ1) is 5.65. The van der Waals surface area contributed by atoms with Gasteiger partial charge in [-0.3, -0.25) is 0 Å². The van der Waals surface area contributed by atoms with Gasteiger partial charge in [0.15, 0.2) is 0 Å². The van der Waals surface area contributed by atoms with Crippen LogP contribution in [0, 0.1) is 0 Å². The van der Waals surface area contributed by atoms with Crippen LogP contribution in [0.3, 0.4) is 0 Å². The van der Waals surface area contributed by atoms with Gasteiger partial charge in [-0.1, -0.05) is 29.8 Å². The van der Waals surface area contributed by atoms with Gasteiger partial charge < -0.3 is 4.74 Å². The predicted molar refractivity (Wildman–Crippen MR) is 50.3 cm³/mol. The van der Waals surface area contributed by atoms with Crippen LogP contribution in [0.2, 0.25) is 10.3 Å². The zero-order valence-electron chi connectivity index (χ0n) is 6.47. The molecule has 0 unspecified atom stereocenters. The van der Waals surface area contributed by atoms with Gasteiger partial charge in [0.2, 0.25) is 0 Å². The van der Waals surface area contributed by atoms with Gasteiger partial charge in [0.1, 0.15) is 16.1 Å². The molecule has 1 aromatic heterocycles. The molecule has 0 aromatic carbocycles. The number of nitrogens with zero attached hydrogens (tertiary/aromatic N) is 1. The summed E-state index contributed by atoms with van der Waals surface area (Å²) in [5.74, 6) is 0.476. The van der Waals surface area contributed by atoms with E-state index in [1.54, 1.807) is 12.1 Å². The molecule has 12 heavy (non-hydrogen) atoms. The van der Waals surface area contributed by atoms with Crippen molar-refractivity contribution >= 4 is 29.0 Å². The van der Waals surface area contributed by atoms with E-state index in [1.165, 1.54) is 7.11 Å². The minimum absolute atomic E-state index is 0.300. The molecule has 0 bridgehead atoms. The van der Waals surface area contributed by atoms with E-state index in [-0.39, 0.29) is 0 Å². The SMILES string of the molecule is C=C(OC)c1ccc(Cl)nc1Cl. The second kappa shape index (κ2) is 3.78. The molecule has 0 aliphatic rings. The van der Waals surface area contributed by atoms with Crippen molar-refractivity contribution in [1.29, 1.82) is 0 Å². The first-order valence-electron chi connectivity index (χ1n) is 3.20. The van der Waals surface area contributed by atoms with Crippen LogP contribution in [0.4, 0.5) is 0 Å². The number of hydrogen-bond acceptors (Lipinski definition) is 2. The van der Waals surface area contributed by atoms with E-state index < -0.39 is 0 Å². The monoisotopic (exact) mass is 203 g/mol. The number of methoxy groups -OCH3 is 1. The quantitative estimate of drug-likeness (QED) is 0.545. The fourth-order valence-electron chi connectivity index (χ4n) is 0.730. The summed E-state index contributed by atoms with van der Waals surface area (Å²) in [7, 11) is 1.52. The van der Waals surface area contributed by atoms with Crippen LogP contribution in [0.15, 0.2) is 18.7 Å². The standard InChI is InChI=1S/C8H7Cl2NO/c1-5(12-2)6-3-4-7(9)11-8(6)10/h3-4H,1H2,2H3. The Morgan fingerprint density at radius 1 is 1.50 bits per heavy atom. The summed E-state index contributed by atoms with van der Waals surface area (Å²) < 4.78 is 4.89. The second-order valence-corrected chi connectivity index (χ2v) is 2.84. The average molecular weight is 204 g/mol. The van der Waals surface area contributed by atoms with Crippen molar-refractivity contribution in [1.82, 2.24) is 4.98 Å². The van der Waals surface area contributed by atoms with Crippen LogP contribution in [0.5, 0.6) is 0 Å². The molecule has 1 rings (SSSR count). The Morgan fingerprint density at radius 3 is 2.67 bits per heavy atom. The van der Waals surface area contributed by atoms with Gasteiger partial charge in [0.25, 0.3) is 0 Å². The molecule has 0 radical (unpaired) electrons. The van der Waals surface area contributed by atoms with Crippen molar-refractivity contribution in [3.63, 3.8) is 0 Å². The van der Waals surface area contributed by atoms with Crippen LogP contribution in [0.1, 0.15) is 5.56 Å². The highest BCUT2D eigenvalue weighted by atomic mass is 35.5. The van der Waals surface area contributed by atoms with E-state index in [9.17, 15) is 0 Å². The zero-order chi connectivity index (χ0) is 9.14. The van der Waals surface area contributed by atoms with E-state index in [1.807, 2.05) is 0 Å². The average Bonchev–Trinajstić information content (AvgIpc) is 2.03. The van der Waals surface area contributed by atoms with Crippen LogP contribution >= 0.6 is 23.2 Å². The molecule has 0 aliphatic carbocycles. The number of rotatable bonds is 2. The minimum Gasteiger partial charge on any atom is -0.497 e. The summed E-state index contributed by atoms with van der Waals surface area (Å²) in [6.45, 7) is 3.64. The summed E-state index contributed by atoms with van der Waals surface area (Å²) in [5, 5.41) is 0.655. The molecular weight excluding hydrogens is 197 g/mol. The van der Waals surface area contributed by atoms with E-state index in [0.717, 1.165) is 0 Å². The Kier molecular flexibility index (Phi) is 2.95. The summed E-state index contributed by atoms with van der Waals surface area (Å²) >= 11 is 11.4. The van der Waals surface area contributed by atoms with Crippen molar-refractivity contribution in [3.05, 3.63) is 34.6 Å². The first kappa shape index (κ1) is 9.36. The van der Waals surface area contributed by atoms with Gasteiger partial charge >= 0.3 is 0 Å². The Hall–Kier alpha value is -0.730. The molecule has 4 heteroatoms. The molecule has 1 aromatic rings. The fraction of sp³-hybridized carbons (Fsp3) is 0.125. The maximum atomic E-state index is 5.77. The van der Waals surface area contributed by atoms with Crippen LogP contribution < -0.4 is 0 Å². The molecule has 0 aliphatic heterocycles. The van der Waals surface area contributed by atoms with Gasteiger partial charge in [0, 0.05) is 0 Å². The largest absolute Gasteiger partial charge is 0.497 e. The predicted octanol–water partition coefficient (Wildman–Crippen LogP) is 3.01. The second-order valence-electron chi connectivity index (χ2n) is 2.10. The Morgan fingerprint density at radius 2 is 2.17 bits per heavy atom. The lowest BCUT2D eigenvalue weighted by Crippen LogP contribution is -1.89. The van der Waals surface area contributed by atoms with Gasteiger partial charge in [0.05, 0.1) is 12.7 Å². The number of aromatic nitrogens is 1. The first-order valence-corrected chi connectivity index (χ1v) is 3.96. The lowest BCUT2D eigenvalue weighted by atomic mass is 10.2. The van der Waals surface area contributed by atoms with E-state index in [4.69, 9.17) is 27.9 Å². The molecule has 0 amide bonds. The van der Waals surface area contributed by atoms with E-state index in [0.29, 0.717) is 21.6 Å². The van der Waals surface area contributed by atoms with Crippen molar-refractivity contribution in [2.75, 3.05) is 7.11 Å². The lowest BCUT2D eigenvalue weighted by molar-refractivity contribution is 0.371. The number of ether oxygens (including phenoxy) is 1. The Balaban J connectivity index is 3.09. The maximum Gasteiger partial charge on any atom is 0.141 e. The fourth-order valence-corrected chi connectivity index (χ4v) is 1.18. The van der Waals surface area contributed by atoms with Crippen LogP contribution in [0.25, 0.3) is 5.76 Å². The molecule has 64 valence electrons. The lowest BCUT2D eigenvalue weighted by Gasteiger charge is -2.05. The van der Waals surface area contributed by atoms with E-state index >= 15 is 0 Å². The summed E-state index contributed by atoms with van der Waals surface area (Å²) in [6, 6.07) is 3.34. The molecule has 2 nitrogen and oxygen atoms in total. The Labute approximate surface area is 80.8 Å². The minimum atomic E-state index is 0.300. The third kappa shape index (κ3) is 1.90. The third-order valence-corrected chi connectivity index (χ3v) is 1.86. The normalized spacial score (nSPS) is 9.58. The van der Waals surface area contributed by atoms with Crippen molar-refractivity contribution < 1.29 is 4.74 Å². The highest BCUT2D eigenvalue weighted by Gasteiger charge is 2.05. The topological polar surface area (TPSA) is 22.1 Å². The van der Waals surface area contributed by atoms with Crippen LogP contribution in [-0.2, 0) is 4.74 Å². The van der Waals surface area contributed by atoms with Crippen LogP contribution in [-0.4, -0.2) is 12.1 Å². The van der Waals surface area contributed by atoms with Gasteiger partial charge in [-0.05, 0) is 12.1 Å². The highest BCUT2D eigenvalue weighted by Crippen LogP contribution is 2.22. The van der Waals surface area contributed by atoms with Gasteiger partial charge in [-0.15, -0.1) is 0 Å². The van der Waals surface area contributed by atoms with E-state index in [2.05, 4.69) is 11.6 Å². The smallest absolute Gasteiger partial charge is 0.141 e. The molecule has 0 saturated heterocycles. The maximum absolute atomic E-state index is 5.77. The molecule has 0 spiro atoms. The third-order valence-electron chi connectivity index (χ3n) is 1.36. The molecule has 0 fully saturated rings. The summed E-state index contributed by atoms with van der Waals surface area (Å²) in [5.41, 5.74) is 0.656. The van der Waals surface area contributed by atoms with Gasteiger partial charge in [-0.2, -0.15) is 0 Å². The number of halogens is 2.